The second-order valence-electron chi connectivity index (χ2n) is 3.20. The number of aliphatic carboxylic acids is 1. The van der Waals surface area contributed by atoms with Crippen molar-refractivity contribution in [3.8, 4) is 0 Å². The van der Waals surface area contributed by atoms with Crippen LogP contribution in [-0.2, 0) is 9.53 Å². The van der Waals surface area contributed by atoms with Crippen molar-refractivity contribution in [3.05, 3.63) is 0 Å². The van der Waals surface area contributed by atoms with E-state index in [0.717, 1.165) is 13.0 Å². The average molecular weight is 173 g/mol. The molecule has 4 nitrogen and oxygen atoms in total. The summed E-state index contributed by atoms with van der Waals surface area (Å²) >= 11 is 0. The van der Waals surface area contributed by atoms with Gasteiger partial charge in [0.15, 0.2) is 0 Å². The van der Waals surface area contributed by atoms with E-state index in [0.29, 0.717) is 0 Å². The Balaban J connectivity index is 2.35. The van der Waals surface area contributed by atoms with Gasteiger partial charge in [0.1, 0.15) is 6.04 Å². The van der Waals surface area contributed by atoms with Crippen molar-refractivity contribution in [2.75, 3.05) is 6.61 Å². The molecular weight excluding hydrogens is 158 g/mol. The van der Waals surface area contributed by atoms with E-state index in [4.69, 9.17) is 9.84 Å². The zero-order chi connectivity index (χ0) is 9.14. The molecule has 1 heterocycles. The molecule has 2 N–H and O–H groups in total. The monoisotopic (exact) mass is 173 g/mol. The molecule has 0 aromatic carbocycles. The zero-order valence-corrected chi connectivity index (χ0v) is 7.41. The van der Waals surface area contributed by atoms with Gasteiger partial charge in [-0.3, -0.25) is 10.1 Å². The summed E-state index contributed by atoms with van der Waals surface area (Å²) in [4.78, 5) is 10.5. The Morgan fingerprint density at radius 3 is 2.83 bits per heavy atom. The third-order valence-corrected chi connectivity index (χ3v) is 2.21. The lowest BCUT2D eigenvalue weighted by atomic mass is 10.1. The van der Waals surface area contributed by atoms with Crippen LogP contribution in [0.3, 0.4) is 0 Å². The molecule has 0 bridgehead atoms. The van der Waals surface area contributed by atoms with Crippen molar-refractivity contribution in [1.29, 1.82) is 0 Å². The van der Waals surface area contributed by atoms with Gasteiger partial charge in [-0.15, -0.1) is 0 Å². The number of carboxylic acids is 1. The number of nitrogens with one attached hydrogen (secondary N) is 1. The van der Waals surface area contributed by atoms with Crippen LogP contribution in [0.5, 0.6) is 0 Å². The van der Waals surface area contributed by atoms with Gasteiger partial charge in [0.05, 0.1) is 6.10 Å². The van der Waals surface area contributed by atoms with E-state index >= 15 is 0 Å². The van der Waals surface area contributed by atoms with Gasteiger partial charge in [-0.2, -0.15) is 0 Å². The summed E-state index contributed by atoms with van der Waals surface area (Å²) in [6, 6.07) is -0.296. The van der Waals surface area contributed by atoms with Crippen LogP contribution < -0.4 is 5.32 Å². The molecule has 4 heteroatoms. The standard InChI is InChI=1S/C8H15NO3/c1-5(8(10)11)9-7-3-4-12-6(7)2/h5-7,9H,3-4H2,1-2H3,(H,10,11)/t5-,6?,7?/m1/s1. The number of rotatable bonds is 3. The van der Waals surface area contributed by atoms with E-state index in [1.165, 1.54) is 0 Å². The Kier molecular flexibility index (Phi) is 3.05. The van der Waals surface area contributed by atoms with Crippen LogP contribution in [0, 0.1) is 0 Å². The first kappa shape index (κ1) is 9.48. The maximum Gasteiger partial charge on any atom is 0.320 e. The molecule has 1 saturated heterocycles. The number of carbonyl (C=O) groups is 1. The minimum Gasteiger partial charge on any atom is -0.480 e. The SMILES string of the molecule is CC1OCCC1N[C@H](C)C(=O)O. The summed E-state index contributed by atoms with van der Waals surface area (Å²) in [6.45, 7) is 4.33. The van der Waals surface area contributed by atoms with Gasteiger partial charge in [-0.05, 0) is 20.3 Å². The molecule has 12 heavy (non-hydrogen) atoms. The van der Waals surface area contributed by atoms with Gasteiger partial charge in [-0.25, -0.2) is 0 Å². The van der Waals surface area contributed by atoms with Gasteiger partial charge < -0.3 is 9.84 Å². The Labute approximate surface area is 71.9 Å². The molecule has 70 valence electrons. The molecule has 0 radical (unpaired) electrons. The van der Waals surface area contributed by atoms with Crippen LogP contribution >= 0.6 is 0 Å². The van der Waals surface area contributed by atoms with Crippen LogP contribution in [0.25, 0.3) is 0 Å². The number of ether oxygens (including phenoxy) is 1. The lowest BCUT2D eigenvalue weighted by molar-refractivity contribution is -0.139. The fourth-order valence-corrected chi connectivity index (χ4v) is 1.34. The minimum atomic E-state index is -0.811. The molecule has 1 fully saturated rings. The second kappa shape index (κ2) is 3.87. The molecule has 0 spiro atoms. The van der Waals surface area contributed by atoms with Crippen LogP contribution in [-0.4, -0.2) is 35.9 Å². The number of hydrogen-bond donors (Lipinski definition) is 2. The highest BCUT2D eigenvalue weighted by molar-refractivity contribution is 5.72. The summed E-state index contributed by atoms with van der Waals surface area (Å²) < 4.78 is 5.29. The molecular formula is C8H15NO3. The first-order chi connectivity index (χ1) is 5.61. The first-order valence-corrected chi connectivity index (χ1v) is 4.21. The smallest absolute Gasteiger partial charge is 0.320 e. The lowest BCUT2D eigenvalue weighted by Crippen LogP contribution is -2.44. The molecule has 2 unspecified atom stereocenters. The highest BCUT2D eigenvalue weighted by atomic mass is 16.5. The minimum absolute atomic E-state index is 0.131. The fourth-order valence-electron chi connectivity index (χ4n) is 1.34. The molecule has 0 aromatic heterocycles. The second-order valence-corrected chi connectivity index (χ2v) is 3.20. The third kappa shape index (κ3) is 2.19. The topological polar surface area (TPSA) is 58.6 Å². The normalized spacial score (nSPS) is 31.8. The summed E-state index contributed by atoms with van der Waals surface area (Å²) in [5, 5.41) is 11.6. The first-order valence-electron chi connectivity index (χ1n) is 4.21. The molecule has 0 amide bonds. The number of carboxylic acid groups (broad SMARTS) is 1. The predicted octanol–water partition coefficient (Wildman–Crippen LogP) is 0.226. The zero-order valence-electron chi connectivity index (χ0n) is 7.41. The molecule has 0 aliphatic carbocycles. The van der Waals surface area contributed by atoms with Crippen molar-refractivity contribution in [2.45, 2.75) is 38.5 Å². The highest BCUT2D eigenvalue weighted by Gasteiger charge is 2.26. The summed E-state index contributed by atoms with van der Waals surface area (Å²) in [5.41, 5.74) is 0. The quantitative estimate of drug-likeness (QED) is 0.641. The van der Waals surface area contributed by atoms with Gasteiger partial charge in [0, 0.05) is 12.6 Å². The average Bonchev–Trinajstić information content (AvgIpc) is 2.36. The predicted molar refractivity (Wildman–Crippen MR) is 44.1 cm³/mol. The van der Waals surface area contributed by atoms with Crippen molar-refractivity contribution >= 4 is 5.97 Å². The Bertz CT molecular complexity index is 172. The summed E-state index contributed by atoms with van der Waals surface area (Å²) in [5.74, 6) is -0.811. The maximum atomic E-state index is 10.5. The van der Waals surface area contributed by atoms with Crippen molar-refractivity contribution in [1.82, 2.24) is 5.32 Å². The highest BCUT2D eigenvalue weighted by Crippen LogP contribution is 2.12. The molecule has 0 aromatic rings. The van der Waals surface area contributed by atoms with Crippen LogP contribution in [0.4, 0.5) is 0 Å². The fraction of sp³-hybridized carbons (Fsp3) is 0.875. The van der Waals surface area contributed by atoms with Crippen molar-refractivity contribution in [2.24, 2.45) is 0 Å². The van der Waals surface area contributed by atoms with Gasteiger partial charge in [-0.1, -0.05) is 0 Å². The molecule has 1 aliphatic rings. The van der Waals surface area contributed by atoms with Crippen LogP contribution in [0.2, 0.25) is 0 Å². The molecule has 0 saturated carbocycles. The molecule has 1 rings (SSSR count). The summed E-state index contributed by atoms with van der Waals surface area (Å²) in [7, 11) is 0. The van der Waals surface area contributed by atoms with E-state index in [1.807, 2.05) is 6.92 Å². The van der Waals surface area contributed by atoms with Crippen molar-refractivity contribution < 1.29 is 14.6 Å². The van der Waals surface area contributed by atoms with E-state index in [1.54, 1.807) is 6.92 Å². The maximum absolute atomic E-state index is 10.5. The van der Waals surface area contributed by atoms with Crippen LogP contribution in [0.1, 0.15) is 20.3 Å². The third-order valence-electron chi connectivity index (χ3n) is 2.21. The van der Waals surface area contributed by atoms with Gasteiger partial charge in [0.2, 0.25) is 0 Å². The Morgan fingerprint density at radius 2 is 2.42 bits per heavy atom. The van der Waals surface area contributed by atoms with E-state index in [-0.39, 0.29) is 12.1 Å². The summed E-state index contributed by atoms with van der Waals surface area (Å²) in [6.07, 6.45) is 1.03. The Morgan fingerprint density at radius 1 is 1.75 bits per heavy atom. The van der Waals surface area contributed by atoms with Gasteiger partial charge in [0.25, 0.3) is 0 Å². The van der Waals surface area contributed by atoms with Crippen molar-refractivity contribution in [3.63, 3.8) is 0 Å². The molecule has 1 aliphatic heterocycles. The van der Waals surface area contributed by atoms with Gasteiger partial charge >= 0.3 is 5.97 Å². The Hall–Kier alpha value is -0.610. The number of hydrogen-bond acceptors (Lipinski definition) is 3. The van der Waals surface area contributed by atoms with E-state index in [2.05, 4.69) is 5.32 Å². The van der Waals surface area contributed by atoms with Crippen LogP contribution in [0.15, 0.2) is 0 Å². The molecule has 3 atom stereocenters. The van der Waals surface area contributed by atoms with E-state index in [9.17, 15) is 4.79 Å². The van der Waals surface area contributed by atoms with E-state index < -0.39 is 12.0 Å². The largest absolute Gasteiger partial charge is 0.480 e. The lowest BCUT2D eigenvalue weighted by Gasteiger charge is -2.18.